The molecule has 0 aromatic carbocycles. The Morgan fingerprint density at radius 2 is 1.68 bits per heavy atom. The number of fused-ring (bicyclic) bond motifs is 1. The zero-order valence-corrected chi connectivity index (χ0v) is 25.9. The summed E-state index contributed by atoms with van der Waals surface area (Å²) in [4.78, 5) is 11.3. The maximum absolute atomic E-state index is 11.5. The molecule has 1 heterocycles. The summed E-state index contributed by atoms with van der Waals surface area (Å²) in [6, 6.07) is 0. The number of aliphatic hydroxyl groups excluding tert-OH is 2. The minimum Gasteiger partial charge on any atom is -0.464 e. The zero-order chi connectivity index (χ0) is 28.4. The molecule has 5 nitrogen and oxygen atoms in total. The fourth-order valence-corrected chi connectivity index (χ4v) is 10.7. The summed E-state index contributed by atoms with van der Waals surface area (Å²) in [6.45, 7) is 21.3. The minimum absolute atomic E-state index is 0.00482. The molecule has 220 valence electrons. The lowest BCUT2D eigenvalue weighted by Gasteiger charge is -2.68. The van der Waals surface area contributed by atoms with E-state index in [-0.39, 0.29) is 46.4 Å². The molecule has 2 N–H and O–H groups in total. The van der Waals surface area contributed by atoms with Crippen LogP contribution >= 0.6 is 0 Å². The highest BCUT2D eigenvalue weighted by Gasteiger charge is 2.66. The molecule has 4 aliphatic rings. The second kappa shape index (κ2) is 10.0. The average molecular weight is 535 g/mol. The highest BCUT2D eigenvalue weighted by atomic mass is 16.5. The van der Waals surface area contributed by atoms with Crippen LogP contribution in [-0.4, -0.2) is 47.2 Å². The molecule has 2 bridgehead atoms. The highest BCUT2D eigenvalue weighted by Crippen LogP contribution is 2.71. The predicted octanol–water partition coefficient (Wildman–Crippen LogP) is 6.92. The number of hydrogen-bond donors (Lipinski definition) is 2. The summed E-state index contributed by atoms with van der Waals surface area (Å²) in [5, 5.41) is 21.5. The van der Waals surface area contributed by atoms with Gasteiger partial charge >= 0.3 is 0 Å². The Kier molecular flexibility index (Phi) is 7.99. The first-order valence-corrected chi connectivity index (χ1v) is 15.6. The second-order valence-corrected chi connectivity index (χ2v) is 16.3. The summed E-state index contributed by atoms with van der Waals surface area (Å²) < 4.78 is 12.6. The van der Waals surface area contributed by atoms with Gasteiger partial charge in [-0.1, -0.05) is 48.5 Å². The van der Waals surface area contributed by atoms with Gasteiger partial charge in [0.2, 0.25) is 0 Å². The van der Waals surface area contributed by atoms with Crippen LogP contribution in [0.3, 0.4) is 0 Å². The van der Waals surface area contributed by atoms with Crippen LogP contribution in [-0.2, 0) is 14.3 Å². The SMILES string of the molecule is CC(O)C(C1(C)CCC23CCCC(OC=O)C(C)(C)C(CCC2C1(C)C)C3)[C@@]1(C)CCC(C(C)(C)CO)O1. The van der Waals surface area contributed by atoms with Crippen LogP contribution in [0.2, 0.25) is 0 Å². The van der Waals surface area contributed by atoms with Crippen LogP contribution in [0.5, 0.6) is 0 Å². The molecule has 0 amide bonds. The highest BCUT2D eigenvalue weighted by molar-refractivity contribution is 5.37. The Balaban J connectivity index is 1.66. The van der Waals surface area contributed by atoms with E-state index in [1.807, 2.05) is 6.92 Å². The predicted molar refractivity (Wildman–Crippen MR) is 152 cm³/mol. The van der Waals surface area contributed by atoms with Crippen molar-refractivity contribution < 1.29 is 24.5 Å². The quantitative estimate of drug-likeness (QED) is 0.347. The van der Waals surface area contributed by atoms with E-state index in [0.717, 1.165) is 32.1 Å². The molecule has 1 aliphatic heterocycles. The van der Waals surface area contributed by atoms with Crippen molar-refractivity contribution >= 4 is 6.47 Å². The van der Waals surface area contributed by atoms with Crippen molar-refractivity contribution in [2.45, 2.75) is 150 Å². The van der Waals surface area contributed by atoms with Gasteiger partial charge in [0.25, 0.3) is 6.47 Å². The third kappa shape index (κ3) is 4.59. The molecule has 3 saturated carbocycles. The first-order chi connectivity index (χ1) is 17.5. The third-order valence-electron chi connectivity index (χ3n) is 13.3. The average Bonchev–Trinajstić information content (AvgIpc) is 3.23. The van der Waals surface area contributed by atoms with Crippen LogP contribution in [0, 0.1) is 44.8 Å². The molecule has 1 saturated heterocycles. The smallest absolute Gasteiger partial charge is 0.293 e. The zero-order valence-electron chi connectivity index (χ0n) is 25.9. The molecule has 4 fully saturated rings. The Morgan fingerprint density at radius 1 is 1.00 bits per heavy atom. The lowest BCUT2D eigenvalue weighted by atomic mass is 9.37. The number of aliphatic hydroxyl groups is 2. The van der Waals surface area contributed by atoms with Gasteiger partial charge in [-0.05, 0) is 106 Å². The summed E-state index contributed by atoms with van der Waals surface area (Å²) >= 11 is 0. The van der Waals surface area contributed by atoms with E-state index in [9.17, 15) is 15.0 Å². The Morgan fingerprint density at radius 3 is 2.29 bits per heavy atom. The minimum atomic E-state index is -0.469. The van der Waals surface area contributed by atoms with Crippen LogP contribution in [0.4, 0.5) is 0 Å². The first kappa shape index (κ1) is 30.3. The summed E-state index contributed by atoms with van der Waals surface area (Å²) in [5.41, 5.74) is -0.427. The molecule has 0 aromatic rings. The molecule has 9 atom stereocenters. The van der Waals surface area contributed by atoms with Gasteiger partial charge < -0.3 is 19.7 Å². The molecule has 4 rings (SSSR count). The fraction of sp³-hybridized carbons (Fsp3) is 0.970. The van der Waals surface area contributed by atoms with Crippen LogP contribution < -0.4 is 0 Å². The number of ether oxygens (including phenoxy) is 2. The Bertz CT molecular complexity index is 863. The number of carbonyl (C=O) groups excluding carboxylic acids is 1. The van der Waals surface area contributed by atoms with E-state index in [1.165, 1.54) is 32.1 Å². The molecule has 38 heavy (non-hydrogen) atoms. The lowest BCUT2D eigenvalue weighted by Crippen LogP contribution is -2.64. The number of carbonyl (C=O) groups is 1. The van der Waals surface area contributed by atoms with Gasteiger partial charge in [0, 0.05) is 16.7 Å². The third-order valence-corrected chi connectivity index (χ3v) is 13.3. The van der Waals surface area contributed by atoms with E-state index in [4.69, 9.17) is 9.47 Å². The van der Waals surface area contributed by atoms with Crippen molar-refractivity contribution in [2.24, 2.45) is 44.8 Å². The maximum atomic E-state index is 11.5. The molecule has 5 heteroatoms. The molecule has 8 unspecified atom stereocenters. The Hall–Kier alpha value is -0.650. The maximum Gasteiger partial charge on any atom is 0.293 e. The van der Waals surface area contributed by atoms with Gasteiger partial charge in [0.05, 0.1) is 24.4 Å². The van der Waals surface area contributed by atoms with Gasteiger partial charge in [-0.3, -0.25) is 4.79 Å². The van der Waals surface area contributed by atoms with E-state index in [1.54, 1.807) is 0 Å². The summed E-state index contributed by atoms with van der Waals surface area (Å²) in [6.07, 6.45) is 10.6. The molecule has 3 aliphatic carbocycles. The van der Waals surface area contributed by atoms with Crippen LogP contribution in [0.1, 0.15) is 127 Å². The molecular weight excluding hydrogens is 476 g/mol. The van der Waals surface area contributed by atoms with Crippen molar-refractivity contribution in [2.75, 3.05) is 6.61 Å². The van der Waals surface area contributed by atoms with E-state index < -0.39 is 11.7 Å². The standard InChI is InChI=1S/C33H58O5/c1-22(36)27(32(9)16-14-25(38-32)28(2,3)20-34)31(8)17-18-33-15-10-11-26(37-21-35)29(4,5)23(19-33)12-13-24(33)30(31,6)7/h21-27,34,36H,10-20H2,1-9H3/t22?,23?,24?,25?,26?,27?,31?,32-,33?/m1/s1. The van der Waals surface area contributed by atoms with E-state index in [2.05, 4.69) is 55.4 Å². The summed E-state index contributed by atoms with van der Waals surface area (Å²) in [7, 11) is 0. The normalized spacial score (nSPS) is 44.3. The van der Waals surface area contributed by atoms with E-state index >= 15 is 0 Å². The largest absolute Gasteiger partial charge is 0.464 e. The lowest BCUT2D eigenvalue weighted by molar-refractivity contribution is -0.234. The van der Waals surface area contributed by atoms with Gasteiger partial charge in [0.1, 0.15) is 6.10 Å². The Labute approximate surface area is 232 Å². The molecule has 0 radical (unpaired) electrons. The molecular formula is C33H58O5. The fourth-order valence-electron chi connectivity index (χ4n) is 10.7. The van der Waals surface area contributed by atoms with Crippen LogP contribution in [0.15, 0.2) is 0 Å². The number of hydrogen-bond acceptors (Lipinski definition) is 5. The first-order valence-electron chi connectivity index (χ1n) is 15.6. The van der Waals surface area contributed by atoms with Crippen molar-refractivity contribution in [1.29, 1.82) is 0 Å². The van der Waals surface area contributed by atoms with Gasteiger partial charge in [0.15, 0.2) is 0 Å². The van der Waals surface area contributed by atoms with Gasteiger partial charge in [-0.25, -0.2) is 0 Å². The van der Waals surface area contributed by atoms with Crippen molar-refractivity contribution in [3.05, 3.63) is 0 Å². The second-order valence-electron chi connectivity index (χ2n) is 16.3. The van der Waals surface area contributed by atoms with Crippen molar-refractivity contribution in [3.63, 3.8) is 0 Å². The van der Waals surface area contributed by atoms with Gasteiger partial charge in [-0.15, -0.1) is 0 Å². The van der Waals surface area contributed by atoms with Crippen molar-refractivity contribution in [3.8, 4) is 0 Å². The summed E-state index contributed by atoms with van der Waals surface area (Å²) in [5.74, 6) is 1.18. The van der Waals surface area contributed by atoms with Crippen molar-refractivity contribution in [1.82, 2.24) is 0 Å². The van der Waals surface area contributed by atoms with E-state index in [0.29, 0.717) is 23.7 Å². The monoisotopic (exact) mass is 534 g/mol. The topological polar surface area (TPSA) is 76.0 Å². The molecule has 0 aromatic heterocycles. The number of rotatable bonds is 7. The van der Waals surface area contributed by atoms with Gasteiger partial charge in [-0.2, -0.15) is 0 Å². The van der Waals surface area contributed by atoms with Crippen LogP contribution in [0.25, 0.3) is 0 Å². The molecule has 1 spiro atoms.